The Morgan fingerprint density at radius 3 is 2.72 bits per heavy atom. The van der Waals surface area contributed by atoms with Gasteiger partial charge in [0.25, 0.3) is 0 Å². The lowest BCUT2D eigenvalue weighted by atomic mass is 10.2. The van der Waals surface area contributed by atoms with E-state index in [-0.39, 0.29) is 12.7 Å². The molecule has 2 aromatic rings. The van der Waals surface area contributed by atoms with E-state index in [0.717, 1.165) is 49.8 Å². The fourth-order valence-corrected chi connectivity index (χ4v) is 3.64. The first-order valence-corrected chi connectivity index (χ1v) is 10.1. The number of aryl methyl sites for hydroxylation is 1. The van der Waals surface area contributed by atoms with E-state index in [1.807, 2.05) is 18.2 Å². The molecule has 0 bridgehead atoms. The van der Waals surface area contributed by atoms with Crippen LogP contribution in [0.1, 0.15) is 11.1 Å². The topological polar surface area (TPSA) is 54.0 Å². The molecule has 6 heteroatoms. The summed E-state index contributed by atoms with van der Waals surface area (Å²) in [4.78, 5) is 16.9. The molecule has 0 saturated carbocycles. The van der Waals surface area contributed by atoms with Crippen molar-refractivity contribution in [3.05, 3.63) is 59.7 Å². The molecule has 6 nitrogen and oxygen atoms in total. The number of carbonyl (C=O) groups excluding carboxylic acids is 1. The van der Waals surface area contributed by atoms with E-state index >= 15 is 0 Å². The summed E-state index contributed by atoms with van der Waals surface area (Å²) in [6, 6.07) is 14.3. The molecule has 29 heavy (non-hydrogen) atoms. The fourth-order valence-electron chi connectivity index (χ4n) is 3.64. The summed E-state index contributed by atoms with van der Waals surface area (Å²) in [6.07, 6.45) is 3.35. The number of rotatable bonds is 6. The van der Waals surface area contributed by atoms with E-state index in [2.05, 4.69) is 46.3 Å². The van der Waals surface area contributed by atoms with Crippen LogP contribution in [-0.2, 0) is 4.79 Å². The maximum absolute atomic E-state index is 12.1. The Hall–Kier alpha value is -2.99. The van der Waals surface area contributed by atoms with Gasteiger partial charge in [0.1, 0.15) is 0 Å². The smallest absolute Gasteiger partial charge is 0.244 e. The predicted octanol–water partition coefficient (Wildman–Crippen LogP) is 2.68. The molecular formula is C23H27N3O3. The highest BCUT2D eigenvalue weighted by atomic mass is 16.7. The molecule has 1 amide bonds. The van der Waals surface area contributed by atoms with E-state index in [9.17, 15) is 4.79 Å². The SMILES string of the molecule is Cc1cccc(N2CCN(CCNC(=O)/C=C/c3ccc4c(c3)OCO4)CC2)c1. The van der Waals surface area contributed by atoms with Crippen molar-refractivity contribution < 1.29 is 14.3 Å². The van der Waals surface area contributed by atoms with Gasteiger partial charge in [0.05, 0.1) is 0 Å². The van der Waals surface area contributed by atoms with E-state index < -0.39 is 0 Å². The van der Waals surface area contributed by atoms with Crippen LogP contribution in [0.25, 0.3) is 6.08 Å². The van der Waals surface area contributed by atoms with Crippen LogP contribution in [0.5, 0.6) is 11.5 Å². The number of benzene rings is 2. The van der Waals surface area contributed by atoms with E-state index in [4.69, 9.17) is 9.47 Å². The number of nitrogens with zero attached hydrogens (tertiary/aromatic N) is 2. The number of amides is 1. The van der Waals surface area contributed by atoms with E-state index in [0.29, 0.717) is 6.54 Å². The van der Waals surface area contributed by atoms with Gasteiger partial charge in [0.2, 0.25) is 12.7 Å². The van der Waals surface area contributed by atoms with Crippen LogP contribution < -0.4 is 19.7 Å². The second-order valence-corrected chi connectivity index (χ2v) is 7.40. The molecule has 2 aliphatic heterocycles. The van der Waals surface area contributed by atoms with Gasteiger partial charge >= 0.3 is 0 Å². The van der Waals surface area contributed by atoms with Crippen molar-refractivity contribution in [2.45, 2.75) is 6.92 Å². The maximum Gasteiger partial charge on any atom is 0.244 e. The fraction of sp³-hybridized carbons (Fsp3) is 0.348. The van der Waals surface area contributed by atoms with Crippen LogP contribution in [0.3, 0.4) is 0 Å². The molecule has 0 atom stereocenters. The number of hydrogen-bond donors (Lipinski definition) is 1. The average molecular weight is 393 g/mol. The zero-order valence-corrected chi connectivity index (χ0v) is 16.8. The van der Waals surface area contributed by atoms with Crippen molar-refractivity contribution in [1.82, 2.24) is 10.2 Å². The molecule has 2 aromatic carbocycles. The monoisotopic (exact) mass is 393 g/mol. The van der Waals surface area contributed by atoms with Crippen LogP contribution in [0.4, 0.5) is 5.69 Å². The number of hydrogen-bond acceptors (Lipinski definition) is 5. The minimum atomic E-state index is -0.0823. The number of fused-ring (bicyclic) bond motifs is 1. The Labute approximate surface area is 171 Å². The van der Waals surface area contributed by atoms with Gasteiger partial charge in [-0.2, -0.15) is 0 Å². The summed E-state index contributed by atoms with van der Waals surface area (Å²) in [5.41, 5.74) is 3.50. The van der Waals surface area contributed by atoms with Gasteiger partial charge in [-0.3, -0.25) is 9.69 Å². The van der Waals surface area contributed by atoms with Crippen molar-refractivity contribution in [2.24, 2.45) is 0 Å². The van der Waals surface area contributed by atoms with Crippen molar-refractivity contribution in [3.8, 4) is 11.5 Å². The zero-order valence-electron chi connectivity index (χ0n) is 16.8. The molecular weight excluding hydrogens is 366 g/mol. The Bertz CT molecular complexity index is 889. The zero-order chi connectivity index (χ0) is 20.1. The van der Waals surface area contributed by atoms with Crippen molar-refractivity contribution in [1.29, 1.82) is 0 Å². The maximum atomic E-state index is 12.1. The standard InChI is InChI=1S/C23H27N3O3/c1-18-3-2-4-20(15-18)26-13-11-25(12-14-26)10-9-24-23(27)8-6-19-5-7-21-22(16-19)29-17-28-21/h2-8,15-16H,9-14,17H2,1H3,(H,24,27)/b8-6+. The number of piperazine rings is 1. The summed E-state index contributed by atoms with van der Waals surface area (Å²) in [6.45, 7) is 7.95. The molecule has 152 valence electrons. The normalized spacial score (nSPS) is 16.4. The number of carbonyl (C=O) groups is 1. The Kier molecular flexibility index (Phi) is 6.00. The van der Waals surface area contributed by atoms with Crippen LogP contribution in [0.2, 0.25) is 0 Å². The van der Waals surface area contributed by atoms with E-state index in [1.54, 1.807) is 12.2 Å². The van der Waals surface area contributed by atoms with Gasteiger partial charge in [-0.15, -0.1) is 0 Å². The summed E-state index contributed by atoms with van der Waals surface area (Å²) in [5.74, 6) is 1.38. The number of anilines is 1. The first-order chi connectivity index (χ1) is 14.2. The summed E-state index contributed by atoms with van der Waals surface area (Å²) < 4.78 is 10.6. The van der Waals surface area contributed by atoms with Crippen LogP contribution >= 0.6 is 0 Å². The quantitative estimate of drug-likeness (QED) is 0.765. The highest BCUT2D eigenvalue weighted by Crippen LogP contribution is 2.32. The predicted molar refractivity (Wildman–Crippen MR) is 114 cm³/mol. The molecule has 2 aliphatic rings. The Morgan fingerprint density at radius 2 is 1.90 bits per heavy atom. The van der Waals surface area contributed by atoms with Crippen molar-refractivity contribution in [3.63, 3.8) is 0 Å². The van der Waals surface area contributed by atoms with Gasteiger partial charge in [-0.1, -0.05) is 18.2 Å². The highest BCUT2D eigenvalue weighted by Gasteiger charge is 2.17. The molecule has 0 aliphatic carbocycles. The molecule has 1 N–H and O–H groups in total. The molecule has 0 radical (unpaired) electrons. The molecule has 4 rings (SSSR count). The second kappa shape index (κ2) is 9.01. The molecule has 2 heterocycles. The third-order valence-corrected chi connectivity index (χ3v) is 5.29. The second-order valence-electron chi connectivity index (χ2n) is 7.40. The molecule has 0 unspecified atom stereocenters. The Balaban J connectivity index is 1.17. The van der Waals surface area contributed by atoms with Gasteiger partial charge in [0, 0.05) is 51.0 Å². The number of ether oxygens (including phenoxy) is 2. The molecule has 0 spiro atoms. The summed E-state index contributed by atoms with van der Waals surface area (Å²) in [7, 11) is 0. The minimum absolute atomic E-state index is 0.0823. The highest BCUT2D eigenvalue weighted by molar-refractivity contribution is 5.91. The first kappa shape index (κ1) is 19.3. The van der Waals surface area contributed by atoms with Gasteiger partial charge < -0.3 is 19.7 Å². The van der Waals surface area contributed by atoms with Crippen molar-refractivity contribution in [2.75, 3.05) is 51.0 Å². The largest absolute Gasteiger partial charge is 0.454 e. The number of nitrogens with one attached hydrogen (secondary N) is 1. The molecule has 0 aromatic heterocycles. The van der Waals surface area contributed by atoms with Gasteiger partial charge in [0.15, 0.2) is 11.5 Å². The van der Waals surface area contributed by atoms with Crippen LogP contribution in [0, 0.1) is 6.92 Å². The average Bonchev–Trinajstić information content (AvgIpc) is 3.21. The van der Waals surface area contributed by atoms with E-state index in [1.165, 1.54) is 11.3 Å². The third kappa shape index (κ3) is 5.09. The van der Waals surface area contributed by atoms with Crippen LogP contribution in [-0.4, -0.2) is 56.9 Å². The molecule has 1 saturated heterocycles. The van der Waals surface area contributed by atoms with Crippen LogP contribution in [0.15, 0.2) is 48.5 Å². The first-order valence-electron chi connectivity index (χ1n) is 10.1. The summed E-state index contributed by atoms with van der Waals surface area (Å²) >= 11 is 0. The third-order valence-electron chi connectivity index (χ3n) is 5.29. The van der Waals surface area contributed by atoms with Crippen molar-refractivity contribution >= 4 is 17.7 Å². The lowest BCUT2D eigenvalue weighted by Crippen LogP contribution is -2.48. The molecule has 1 fully saturated rings. The summed E-state index contributed by atoms with van der Waals surface area (Å²) in [5, 5.41) is 2.97. The lowest BCUT2D eigenvalue weighted by molar-refractivity contribution is -0.116. The lowest BCUT2D eigenvalue weighted by Gasteiger charge is -2.36. The Morgan fingerprint density at radius 1 is 1.07 bits per heavy atom. The minimum Gasteiger partial charge on any atom is -0.454 e. The van der Waals surface area contributed by atoms with Gasteiger partial charge in [-0.25, -0.2) is 0 Å². The van der Waals surface area contributed by atoms with Gasteiger partial charge in [-0.05, 0) is 48.4 Å².